The van der Waals surface area contributed by atoms with Gasteiger partial charge in [0.15, 0.2) is 0 Å². The van der Waals surface area contributed by atoms with E-state index in [2.05, 4.69) is 11.8 Å². The Labute approximate surface area is 91.9 Å². The number of unbranched alkanes of at least 4 members (excludes halogenated alkanes) is 2. The van der Waals surface area contributed by atoms with E-state index < -0.39 is 5.97 Å². The van der Waals surface area contributed by atoms with Gasteiger partial charge in [0.1, 0.15) is 6.04 Å². The number of piperazine rings is 1. The Morgan fingerprint density at radius 1 is 1.40 bits per heavy atom. The summed E-state index contributed by atoms with van der Waals surface area (Å²) in [6, 6.07) is -0.319. The van der Waals surface area contributed by atoms with E-state index in [1.54, 1.807) is 0 Å². The van der Waals surface area contributed by atoms with Gasteiger partial charge in [-0.05, 0) is 20.0 Å². The number of carbonyl (C=O) groups is 1. The summed E-state index contributed by atoms with van der Waals surface area (Å²) < 4.78 is 0. The van der Waals surface area contributed by atoms with Gasteiger partial charge in [0.05, 0.1) is 0 Å². The van der Waals surface area contributed by atoms with Crippen LogP contribution in [0.4, 0.5) is 0 Å². The fraction of sp³-hybridized carbons (Fsp3) is 0.909. The SMILES string of the molecule is CCCCCN1CCN(C)C(C(=O)O)C1. The molecule has 0 aliphatic carbocycles. The smallest absolute Gasteiger partial charge is 0.322 e. The van der Waals surface area contributed by atoms with Crippen molar-refractivity contribution in [1.29, 1.82) is 0 Å². The zero-order chi connectivity index (χ0) is 11.3. The van der Waals surface area contributed by atoms with Crippen molar-refractivity contribution in [2.24, 2.45) is 0 Å². The number of nitrogens with zero attached hydrogens (tertiary/aromatic N) is 2. The van der Waals surface area contributed by atoms with Crippen molar-refractivity contribution in [1.82, 2.24) is 9.80 Å². The fourth-order valence-electron chi connectivity index (χ4n) is 1.99. The van der Waals surface area contributed by atoms with Crippen LogP contribution in [-0.2, 0) is 4.79 Å². The molecular formula is C11H22N2O2. The molecule has 1 unspecified atom stereocenters. The molecule has 1 aliphatic rings. The highest BCUT2D eigenvalue weighted by Gasteiger charge is 2.29. The van der Waals surface area contributed by atoms with Crippen molar-refractivity contribution >= 4 is 5.97 Å². The highest BCUT2D eigenvalue weighted by Crippen LogP contribution is 2.09. The molecule has 0 amide bonds. The Morgan fingerprint density at radius 3 is 2.73 bits per heavy atom. The minimum atomic E-state index is -0.697. The summed E-state index contributed by atoms with van der Waals surface area (Å²) >= 11 is 0. The molecule has 15 heavy (non-hydrogen) atoms. The lowest BCUT2D eigenvalue weighted by Gasteiger charge is -2.37. The summed E-state index contributed by atoms with van der Waals surface area (Å²) in [5.41, 5.74) is 0. The Hall–Kier alpha value is -0.610. The zero-order valence-electron chi connectivity index (χ0n) is 9.78. The maximum Gasteiger partial charge on any atom is 0.322 e. The first-order valence-electron chi connectivity index (χ1n) is 5.80. The summed E-state index contributed by atoms with van der Waals surface area (Å²) in [4.78, 5) is 15.2. The molecule has 1 atom stereocenters. The number of likely N-dealkylation sites (N-methyl/N-ethyl adjacent to an activating group) is 1. The Balaban J connectivity index is 2.33. The van der Waals surface area contributed by atoms with Crippen LogP contribution in [0.25, 0.3) is 0 Å². The first kappa shape index (κ1) is 12.5. The van der Waals surface area contributed by atoms with E-state index in [1.807, 2.05) is 11.9 Å². The Bertz CT molecular complexity index is 209. The maximum absolute atomic E-state index is 11.0. The van der Waals surface area contributed by atoms with Crippen molar-refractivity contribution in [3.63, 3.8) is 0 Å². The van der Waals surface area contributed by atoms with Gasteiger partial charge in [-0.2, -0.15) is 0 Å². The molecule has 88 valence electrons. The number of rotatable bonds is 5. The van der Waals surface area contributed by atoms with Crippen LogP contribution >= 0.6 is 0 Å². The summed E-state index contributed by atoms with van der Waals surface area (Å²) in [5.74, 6) is -0.697. The highest BCUT2D eigenvalue weighted by atomic mass is 16.4. The third kappa shape index (κ3) is 3.80. The maximum atomic E-state index is 11.0. The molecule has 0 bridgehead atoms. The molecule has 1 aliphatic heterocycles. The van der Waals surface area contributed by atoms with Crippen molar-refractivity contribution in [2.75, 3.05) is 33.2 Å². The summed E-state index contributed by atoms with van der Waals surface area (Å²) in [5, 5.41) is 9.03. The molecule has 0 radical (unpaired) electrons. The van der Waals surface area contributed by atoms with Gasteiger partial charge in [-0.3, -0.25) is 14.6 Å². The largest absolute Gasteiger partial charge is 0.480 e. The predicted molar refractivity (Wildman–Crippen MR) is 60.0 cm³/mol. The molecular weight excluding hydrogens is 192 g/mol. The third-order valence-electron chi connectivity index (χ3n) is 3.10. The zero-order valence-corrected chi connectivity index (χ0v) is 9.78. The second-order valence-electron chi connectivity index (χ2n) is 4.34. The van der Waals surface area contributed by atoms with Crippen LogP contribution in [0.3, 0.4) is 0 Å². The van der Waals surface area contributed by atoms with Crippen molar-refractivity contribution in [2.45, 2.75) is 32.2 Å². The fourth-order valence-corrected chi connectivity index (χ4v) is 1.99. The van der Waals surface area contributed by atoms with Gasteiger partial charge in [0, 0.05) is 19.6 Å². The lowest BCUT2D eigenvalue weighted by Crippen LogP contribution is -2.54. The second kappa shape index (κ2) is 6.08. The molecule has 4 nitrogen and oxygen atoms in total. The molecule has 1 heterocycles. The Kier molecular flexibility index (Phi) is 5.05. The van der Waals surface area contributed by atoms with E-state index in [-0.39, 0.29) is 6.04 Å². The third-order valence-corrected chi connectivity index (χ3v) is 3.10. The monoisotopic (exact) mass is 214 g/mol. The highest BCUT2D eigenvalue weighted by molar-refractivity contribution is 5.73. The van der Waals surface area contributed by atoms with E-state index in [0.29, 0.717) is 6.54 Å². The van der Waals surface area contributed by atoms with Crippen molar-refractivity contribution in [3.05, 3.63) is 0 Å². The van der Waals surface area contributed by atoms with Gasteiger partial charge < -0.3 is 5.11 Å². The molecule has 0 saturated carbocycles. The predicted octanol–water partition coefficient (Wildman–Crippen LogP) is 0.877. The standard InChI is InChI=1S/C11H22N2O2/c1-3-4-5-6-13-8-7-12(2)10(9-13)11(14)15/h10H,3-9H2,1-2H3,(H,14,15). The summed E-state index contributed by atoms with van der Waals surface area (Å²) in [6.45, 7) is 5.78. The number of aliphatic carboxylic acids is 1. The molecule has 1 rings (SSSR count). The van der Waals surface area contributed by atoms with Gasteiger partial charge >= 0.3 is 5.97 Å². The average Bonchev–Trinajstić information content (AvgIpc) is 2.20. The van der Waals surface area contributed by atoms with Crippen molar-refractivity contribution in [3.8, 4) is 0 Å². The van der Waals surface area contributed by atoms with Crippen molar-refractivity contribution < 1.29 is 9.90 Å². The van der Waals surface area contributed by atoms with E-state index >= 15 is 0 Å². The number of carboxylic acid groups (broad SMARTS) is 1. The summed E-state index contributed by atoms with van der Waals surface area (Å²) in [6.07, 6.45) is 3.65. The molecule has 0 aromatic rings. The van der Waals surface area contributed by atoms with Gasteiger partial charge in [-0.15, -0.1) is 0 Å². The lowest BCUT2D eigenvalue weighted by atomic mass is 10.1. The van der Waals surface area contributed by atoms with Crippen LogP contribution in [0.15, 0.2) is 0 Å². The molecule has 1 saturated heterocycles. The number of hydrogen-bond acceptors (Lipinski definition) is 3. The minimum Gasteiger partial charge on any atom is -0.480 e. The molecule has 1 N–H and O–H groups in total. The molecule has 0 spiro atoms. The first-order chi connectivity index (χ1) is 7.15. The van der Waals surface area contributed by atoms with E-state index in [9.17, 15) is 4.79 Å². The minimum absolute atomic E-state index is 0.319. The second-order valence-corrected chi connectivity index (χ2v) is 4.34. The molecule has 0 aromatic heterocycles. The van der Waals surface area contributed by atoms with Gasteiger partial charge in [0.25, 0.3) is 0 Å². The van der Waals surface area contributed by atoms with E-state index in [4.69, 9.17) is 5.11 Å². The number of hydrogen-bond donors (Lipinski definition) is 1. The van der Waals surface area contributed by atoms with Gasteiger partial charge in [0.2, 0.25) is 0 Å². The van der Waals surface area contributed by atoms with Crippen LogP contribution in [0.5, 0.6) is 0 Å². The first-order valence-corrected chi connectivity index (χ1v) is 5.80. The van der Waals surface area contributed by atoms with Gasteiger partial charge in [-0.25, -0.2) is 0 Å². The average molecular weight is 214 g/mol. The summed E-state index contributed by atoms with van der Waals surface area (Å²) in [7, 11) is 1.89. The molecule has 1 fully saturated rings. The van der Waals surface area contributed by atoms with Crippen LogP contribution in [0.2, 0.25) is 0 Å². The number of carboxylic acids is 1. The quantitative estimate of drug-likeness (QED) is 0.690. The van der Waals surface area contributed by atoms with Crippen LogP contribution < -0.4 is 0 Å². The molecule has 0 aromatic carbocycles. The van der Waals surface area contributed by atoms with Crippen LogP contribution in [-0.4, -0.2) is 60.1 Å². The molecule has 4 heteroatoms. The van der Waals surface area contributed by atoms with E-state index in [0.717, 1.165) is 19.6 Å². The van der Waals surface area contributed by atoms with Crippen LogP contribution in [0, 0.1) is 0 Å². The lowest BCUT2D eigenvalue weighted by molar-refractivity contribution is -0.145. The van der Waals surface area contributed by atoms with E-state index in [1.165, 1.54) is 19.3 Å². The topological polar surface area (TPSA) is 43.8 Å². The van der Waals surface area contributed by atoms with Crippen LogP contribution in [0.1, 0.15) is 26.2 Å². The Morgan fingerprint density at radius 2 is 2.13 bits per heavy atom. The normalized spacial score (nSPS) is 24.3. The van der Waals surface area contributed by atoms with Gasteiger partial charge in [-0.1, -0.05) is 19.8 Å².